The fourth-order valence-electron chi connectivity index (χ4n) is 2.91. The van der Waals surface area contributed by atoms with Gasteiger partial charge in [-0.05, 0) is 36.8 Å². The Kier molecular flexibility index (Phi) is 6.36. The third-order valence-electron chi connectivity index (χ3n) is 4.55. The van der Waals surface area contributed by atoms with E-state index in [1.165, 1.54) is 16.0 Å². The normalized spacial score (nSPS) is 11.8. The van der Waals surface area contributed by atoms with Crippen LogP contribution in [-0.2, 0) is 0 Å². The zero-order chi connectivity index (χ0) is 19.2. The van der Waals surface area contributed by atoms with Crippen molar-refractivity contribution in [2.45, 2.75) is 23.5 Å². The molecule has 0 unspecified atom stereocenters. The van der Waals surface area contributed by atoms with Crippen molar-refractivity contribution >= 4 is 23.2 Å². The molecule has 3 aromatic rings. The SMILES string of the molecule is Cc1ccc(S[C@H](CC(=O)c2ccccc2)c2ccc(N(C)C)cc2)cc1. The summed E-state index contributed by atoms with van der Waals surface area (Å²) in [5.74, 6) is 0.178. The Morgan fingerprint density at radius 2 is 1.52 bits per heavy atom. The first-order chi connectivity index (χ1) is 13.0. The summed E-state index contributed by atoms with van der Waals surface area (Å²) in [4.78, 5) is 16.1. The molecule has 0 aliphatic rings. The van der Waals surface area contributed by atoms with Crippen LogP contribution in [0.1, 0.15) is 33.2 Å². The van der Waals surface area contributed by atoms with Gasteiger partial charge in [0.15, 0.2) is 5.78 Å². The van der Waals surface area contributed by atoms with Gasteiger partial charge in [-0.1, -0.05) is 60.2 Å². The topological polar surface area (TPSA) is 20.3 Å². The maximum absolute atomic E-state index is 12.8. The highest BCUT2D eigenvalue weighted by Gasteiger charge is 2.19. The lowest BCUT2D eigenvalue weighted by atomic mass is 10.0. The van der Waals surface area contributed by atoms with Crippen LogP contribution in [0.5, 0.6) is 0 Å². The van der Waals surface area contributed by atoms with E-state index in [0.717, 1.165) is 11.3 Å². The van der Waals surface area contributed by atoms with E-state index < -0.39 is 0 Å². The first-order valence-electron chi connectivity index (χ1n) is 9.12. The largest absolute Gasteiger partial charge is 0.378 e. The molecule has 3 rings (SSSR count). The molecular formula is C24H25NOS. The Balaban J connectivity index is 1.85. The van der Waals surface area contributed by atoms with Gasteiger partial charge in [0.1, 0.15) is 0 Å². The van der Waals surface area contributed by atoms with E-state index in [2.05, 4.69) is 60.4 Å². The van der Waals surface area contributed by atoms with E-state index in [1.54, 1.807) is 11.8 Å². The summed E-state index contributed by atoms with van der Waals surface area (Å²) in [6, 6.07) is 26.6. The predicted molar refractivity (Wildman–Crippen MR) is 116 cm³/mol. The molecule has 2 nitrogen and oxygen atoms in total. The van der Waals surface area contributed by atoms with Crippen molar-refractivity contribution in [1.82, 2.24) is 0 Å². The second-order valence-corrected chi connectivity index (χ2v) is 8.17. The number of thioether (sulfide) groups is 1. The van der Waals surface area contributed by atoms with Crippen LogP contribution < -0.4 is 4.90 Å². The molecule has 0 spiro atoms. The molecule has 0 heterocycles. The number of aryl methyl sites for hydroxylation is 1. The van der Waals surface area contributed by atoms with Gasteiger partial charge in [-0.3, -0.25) is 4.79 Å². The summed E-state index contributed by atoms with van der Waals surface area (Å²) < 4.78 is 0. The number of ketones is 1. The van der Waals surface area contributed by atoms with Crippen molar-refractivity contribution in [2.75, 3.05) is 19.0 Å². The number of carbonyl (C=O) groups is 1. The Morgan fingerprint density at radius 3 is 2.11 bits per heavy atom. The summed E-state index contributed by atoms with van der Waals surface area (Å²) >= 11 is 1.75. The van der Waals surface area contributed by atoms with E-state index >= 15 is 0 Å². The van der Waals surface area contributed by atoms with Gasteiger partial charge in [0, 0.05) is 41.9 Å². The number of rotatable bonds is 7. The molecule has 3 aromatic carbocycles. The van der Waals surface area contributed by atoms with Gasteiger partial charge < -0.3 is 4.90 Å². The third-order valence-corrected chi connectivity index (χ3v) is 5.81. The van der Waals surface area contributed by atoms with Crippen LogP contribution in [0.3, 0.4) is 0 Å². The molecule has 27 heavy (non-hydrogen) atoms. The molecule has 0 saturated heterocycles. The fraction of sp³-hybridized carbons (Fsp3) is 0.208. The second kappa shape index (κ2) is 8.92. The molecule has 3 heteroatoms. The van der Waals surface area contributed by atoms with Gasteiger partial charge in [-0.15, -0.1) is 11.8 Å². The summed E-state index contributed by atoms with van der Waals surface area (Å²) in [6.07, 6.45) is 0.476. The van der Waals surface area contributed by atoms with Gasteiger partial charge >= 0.3 is 0 Å². The summed E-state index contributed by atoms with van der Waals surface area (Å²) in [6.45, 7) is 2.09. The zero-order valence-electron chi connectivity index (χ0n) is 16.1. The van der Waals surface area contributed by atoms with Gasteiger partial charge in [-0.25, -0.2) is 0 Å². The zero-order valence-corrected chi connectivity index (χ0v) is 16.9. The molecule has 0 aliphatic carbocycles. The minimum absolute atomic E-state index is 0.0802. The monoisotopic (exact) mass is 375 g/mol. The van der Waals surface area contributed by atoms with E-state index in [4.69, 9.17) is 0 Å². The number of anilines is 1. The van der Waals surface area contributed by atoms with Crippen LogP contribution in [0.25, 0.3) is 0 Å². The Hall–Kier alpha value is -2.52. The van der Waals surface area contributed by atoms with Crippen molar-refractivity contribution < 1.29 is 4.79 Å². The summed E-state index contributed by atoms with van der Waals surface area (Å²) in [5.41, 5.74) is 4.35. The first kappa shape index (κ1) is 19.2. The number of carbonyl (C=O) groups excluding carboxylic acids is 1. The number of Topliss-reactive ketones (excluding diaryl/α,β-unsaturated/α-hetero) is 1. The minimum atomic E-state index is 0.0802. The number of hydrogen-bond donors (Lipinski definition) is 0. The van der Waals surface area contributed by atoms with Crippen LogP contribution in [0.4, 0.5) is 5.69 Å². The molecule has 138 valence electrons. The maximum Gasteiger partial charge on any atom is 0.164 e. The van der Waals surface area contributed by atoms with Crippen molar-refractivity contribution in [2.24, 2.45) is 0 Å². The quantitative estimate of drug-likeness (QED) is 0.364. The average Bonchev–Trinajstić information content (AvgIpc) is 2.70. The summed E-state index contributed by atoms with van der Waals surface area (Å²) in [5, 5.41) is 0.0802. The van der Waals surface area contributed by atoms with Gasteiger partial charge in [-0.2, -0.15) is 0 Å². The van der Waals surface area contributed by atoms with Gasteiger partial charge in [0.25, 0.3) is 0 Å². The average molecular weight is 376 g/mol. The molecule has 0 N–H and O–H groups in total. The van der Waals surface area contributed by atoms with Crippen molar-refractivity contribution in [3.8, 4) is 0 Å². The van der Waals surface area contributed by atoms with E-state index in [-0.39, 0.29) is 11.0 Å². The highest BCUT2D eigenvalue weighted by atomic mass is 32.2. The Morgan fingerprint density at radius 1 is 0.889 bits per heavy atom. The second-order valence-electron chi connectivity index (χ2n) is 6.90. The van der Waals surface area contributed by atoms with Crippen molar-refractivity contribution in [3.63, 3.8) is 0 Å². The maximum atomic E-state index is 12.8. The van der Waals surface area contributed by atoms with E-state index in [1.807, 2.05) is 44.4 Å². The van der Waals surface area contributed by atoms with Crippen LogP contribution >= 0.6 is 11.8 Å². The minimum Gasteiger partial charge on any atom is -0.378 e. The van der Waals surface area contributed by atoms with Crippen LogP contribution in [0, 0.1) is 6.92 Å². The highest BCUT2D eigenvalue weighted by molar-refractivity contribution is 7.99. The standard InChI is InChI=1S/C24H25NOS/c1-18-9-15-22(16-10-18)27-24(17-23(26)19-7-5-4-6-8-19)20-11-13-21(14-12-20)25(2)3/h4-16,24H,17H2,1-3H3/t24-/m1/s1. The Bertz CT molecular complexity index is 871. The van der Waals surface area contributed by atoms with Crippen molar-refractivity contribution in [3.05, 3.63) is 95.6 Å². The van der Waals surface area contributed by atoms with Crippen LogP contribution in [0.15, 0.2) is 83.8 Å². The van der Waals surface area contributed by atoms with Crippen LogP contribution in [0.2, 0.25) is 0 Å². The fourth-order valence-corrected chi connectivity index (χ4v) is 4.06. The molecule has 0 amide bonds. The van der Waals surface area contributed by atoms with E-state index in [9.17, 15) is 4.79 Å². The number of nitrogens with zero attached hydrogens (tertiary/aromatic N) is 1. The van der Waals surface area contributed by atoms with Crippen LogP contribution in [-0.4, -0.2) is 19.9 Å². The molecule has 0 radical (unpaired) electrons. The molecule has 0 aliphatic heterocycles. The third kappa shape index (κ3) is 5.24. The lowest BCUT2D eigenvalue weighted by molar-refractivity contribution is 0.0982. The van der Waals surface area contributed by atoms with Gasteiger partial charge in [0.05, 0.1) is 0 Å². The lowest BCUT2D eigenvalue weighted by Crippen LogP contribution is -2.09. The van der Waals surface area contributed by atoms with Gasteiger partial charge in [0.2, 0.25) is 0 Å². The van der Waals surface area contributed by atoms with Crippen molar-refractivity contribution in [1.29, 1.82) is 0 Å². The number of hydrogen-bond acceptors (Lipinski definition) is 3. The molecule has 0 saturated carbocycles. The first-order valence-corrected chi connectivity index (χ1v) is 10.00. The highest BCUT2D eigenvalue weighted by Crippen LogP contribution is 2.39. The number of benzene rings is 3. The lowest BCUT2D eigenvalue weighted by Gasteiger charge is -2.19. The molecule has 0 fully saturated rings. The smallest absolute Gasteiger partial charge is 0.164 e. The predicted octanol–water partition coefficient (Wildman–Crippen LogP) is 6.17. The van der Waals surface area contributed by atoms with E-state index in [0.29, 0.717) is 6.42 Å². The molecule has 0 bridgehead atoms. The molecule has 1 atom stereocenters. The summed E-state index contributed by atoms with van der Waals surface area (Å²) in [7, 11) is 4.07. The Labute approximate surface area is 166 Å². The molecular weight excluding hydrogens is 350 g/mol. The molecule has 0 aromatic heterocycles.